The van der Waals surface area contributed by atoms with Crippen molar-refractivity contribution in [2.24, 2.45) is 0 Å². The highest BCUT2D eigenvalue weighted by molar-refractivity contribution is 5.28. The van der Waals surface area contributed by atoms with Crippen LogP contribution in [0, 0.1) is 0 Å². The van der Waals surface area contributed by atoms with Crippen molar-refractivity contribution in [2.45, 2.75) is 59.0 Å². The van der Waals surface area contributed by atoms with Gasteiger partial charge in [0.15, 0.2) is 5.75 Å². The Morgan fingerprint density at radius 1 is 1.39 bits per heavy atom. The number of aryl methyl sites for hydroxylation is 1. The van der Waals surface area contributed by atoms with E-state index in [1.165, 1.54) is 12.1 Å². The van der Waals surface area contributed by atoms with Gasteiger partial charge < -0.3 is 10.1 Å². The van der Waals surface area contributed by atoms with Crippen molar-refractivity contribution in [1.29, 1.82) is 0 Å². The summed E-state index contributed by atoms with van der Waals surface area (Å²) < 4.78 is 7.45. The molecule has 0 aliphatic carbocycles. The third-order valence-electron chi connectivity index (χ3n) is 3.28. The molecule has 0 bridgehead atoms. The zero-order chi connectivity index (χ0) is 13.5. The van der Waals surface area contributed by atoms with Gasteiger partial charge in [-0.15, -0.1) is 0 Å². The molecule has 2 unspecified atom stereocenters. The largest absolute Gasteiger partial charge is 0.493 e. The van der Waals surface area contributed by atoms with Gasteiger partial charge in [0.05, 0.1) is 19.0 Å². The summed E-state index contributed by atoms with van der Waals surface area (Å²) in [5, 5.41) is 7.90. The molecule has 0 fully saturated rings. The molecule has 0 aliphatic rings. The van der Waals surface area contributed by atoms with Crippen LogP contribution >= 0.6 is 0 Å². The minimum atomic E-state index is 0.446. The molecule has 1 aromatic heterocycles. The van der Waals surface area contributed by atoms with Gasteiger partial charge in [-0.1, -0.05) is 13.8 Å². The molecule has 0 radical (unpaired) electrons. The van der Waals surface area contributed by atoms with Crippen molar-refractivity contribution in [3.05, 3.63) is 11.9 Å². The predicted octanol–water partition coefficient (Wildman–Crippen LogP) is 2.79. The Balaban J connectivity index is 2.70. The minimum absolute atomic E-state index is 0.446. The summed E-state index contributed by atoms with van der Waals surface area (Å²) in [6, 6.07) is 0.518. The van der Waals surface area contributed by atoms with Crippen molar-refractivity contribution < 1.29 is 4.74 Å². The molecule has 0 spiro atoms. The van der Waals surface area contributed by atoms with Crippen LogP contribution in [-0.2, 0) is 6.54 Å². The van der Waals surface area contributed by atoms with Gasteiger partial charge in [0.25, 0.3) is 0 Å². The Morgan fingerprint density at radius 3 is 2.67 bits per heavy atom. The van der Waals surface area contributed by atoms with Crippen LogP contribution in [0.3, 0.4) is 0 Å². The first-order chi connectivity index (χ1) is 8.63. The number of nitrogens with zero attached hydrogens (tertiary/aromatic N) is 2. The lowest BCUT2D eigenvalue weighted by Gasteiger charge is -2.20. The van der Waals surface area contributed by atoms with Crippen LogP contribution in [0.4, 0.5) is 0 Å². The lowest BCUT2D eigenvalue weighted by Crippen LogP contribution is -2.28. The number of aromatic nitrogens is 2. The Kier molecular flexibility index (Phi) is 6.19. The zero-order valence-electron chi connectivity index (χ0n) is 12.4. The van der Waals surface area contributed by atoms with Crippen LogP contribution in [-0.4, -0.2) is 29.5 Å². The summed E-state index contributed by atoms with van der Waals surface area (Å²) in [5.41, 5.74) is 1.21. The van der Waals surface area contributed by atoms with Gasteiger partial charge in [-0.3, -0.25) is 4.68 Å². The molecule has 2 atom stereocenters. The second-order valence-corrected chi connectivity index (χ2v) is 4.91. The smallest absolute Gasteiger partial charge is 0.160 e. The minimum Gasteiger partial charge on any atom is -0.493 e. The van der Waals surface area contributed by atoms with Gasteiger partial charge in [0, 0.05) is 18.5 Å². The summed E-state index contributed by atoms with van der Waals surface area (Å²) in [5.74, 6) is 1.36. The van der Waals surface area contributed by atoms with Crippen LogP contribution in [0.5, 0.6) is 5.75 Å². The second kappa shape index (κ2) is 7.41. The fraction of sp³-hybridized carbons (Fsp3) is 0.786. The first kappa shape index (κ1) is 15.0. The van der Waals surface area contributed by atoms with Crippen LogP contribution in [0.25, 0.3) is 0 Å². The molecule has 1 N–H and O–H groups in total. The van der Waals surface area contributed by atoms with Gasteiger partial charge in [0.1, 0.15) is 0 Å². The summed E-state index contributed by atoms with van der Waals surface area (Å²) in [4.78, 5) is 0. The molecule has 0 aromatic carbocycles. The van der Waals surface area contributed by atoms with Crippen molar-refractivity contribution in [2.75, 3.05) is 13.7 Å². The summed E-state index contributed by atoms with van der Waals surface area (Å²) in [7, 11) is 1.71. The van der Waals surface area contributed by atoms with E-state index in [2.05, 4.69) is 38.1 Å². The van der Waals surface area contributed by atoms with Gasteiger partial charge in [-0.25, -0.2) is 0 Å². The monoisotopic (exact) mass is 253 g/mol. The first-order valence-corrected chi connectivity index (χ1v) is 6.97. The standard InChI is InChI=1S/C14H27N3O/c1-6-8-15-12(4)9-11(3)14-13(18-5)10-16-17(14)7-2/h10-12,15H,6-9H2,1-5H3. The molecule has 1 rings (SSSR count). The highest BCUT2D eigenvalue weighted by atomic mass is 16.5. The highest BCUT2D eigenvalue weighted by Crippen LogP contribution is 2.29. The quantitative estimate of drug-likeness (QED) is 0.774. The molecule has 104 valence electrons. The maximum Gasteiger partial charge on any atom is 0.160 e. The van der Waals surface area contributed by atoms with Gasteiger partial charge in [-0.2, -0.15) is 5.10 Å². The van der Waals surface area contributed by atoms with E-state index in [4.69, 9.17) is 4.74 Å². The maximum atomic E-state index is 5.41. The lowest BCUT2D eigenvalue weighted by atomic mass is 9.98. The SMILES string of the molecule is CCCNC(C)CC(C)c1c(OC)cnn1CC. The number of ether oxygens (including phenoxy) is 1. The maximum absolute atomic E-state index is 5.41. The van der Waals surface area contributed by atoms with E-state index < -0.39 is 0 Å². The Morgan fingerprint density at radius 2 is 2.11 bits per heavy atom. The summed E-state index contributed by atoms with van der Waals surface area (Å²) in [6.07, 6.45) is 4.09. The molecule has 18 heavy (non-hydrogen) atoms. The van der Waals surface area contributed by atoms with E-state index in [0.29, 0.717) is 12.0 Å². The fourth-order valence-corrected chi connectivity index (χ4v) is 2.40. The van der Waals surface area contributed by atoms with Crippen molar-refractivity contribution in [3.63, 3.8) is 0 Å². The Bertz CT molecular complexity index is 327. The van der Waals surface area contributed by atoms with E-state index in [0.717, 1.165) is 25.3 Å². The van der Waals surface area contributed by atoms with Crippen molar-refractivity contribution in [1.82, 2.24) is 15.1 Å². The number of hydrogen-bond donors (Lipinski definition) is 1. The molecular formula is C14H27N3O. The van der Waals surface area contributed by atoms with Crippen LogP contribution in [0.15, 0.2) is 6.20 Å². The molecule has 1 aromatic rings. The highest BCUT2D eigenvalue weighted by Gasteiger charge is 2.19. The molecule has 0 saturated heterocycles. The third kappa shape index (κ3) is 3.73. The summed E-state index contributed by atoms with van der Waals surface area (Å²) >= 11 is 0. The van der Waals surface area contributed by atoms with Gasteiger partial charge in [-0.05, 0) is 33.2 Å². The topological polar surface area (TPSA) is 39.1 Å². The molecule has 0 saturated carbocycles. The molecule has 4 nitrogen and oxygen atoms in total. The first-order valence-electron chi connectivity index (χ1n) is 6.97. The van der Waals surface area contributed by atoms with Crippen molar-refractivity contribution >= 4 is 0 Å². The van der Waals surface area contributed by atoms with Gasteiger partial charge in [0.2, 0.25) is 0 Å². The van der Waals surface area contributed by atoms with E-state index >= 15 is 0 Å². The second-order valence-electron chi connectivity index (χ2n) is 4.91. The molecular weight excluding hydrogens is 226 g/mol. The molecule has 4 heteroatoms. The number of nitrogens with one attached hydrogen (secondary N) is 1. The van der Waals surface area contributed by atoms with E-state index in [1.54, 1.807) is 7.11 Å². The van der Waals surface area contributed by atoms with Crippen molar-refractivity contribution in [3.8, 4) is 5.75 Å². The number of hydrogen-bond acceptors (Lipinski definition) is 3. The number of methoxy groups -OCH3 is 1. The molecule has 0 aliphatic heterocycles. The fourth-order valence-electron chi connectivity index (χ4n) is 2.40. The van der Waals surface area contributed by atoms with E-state index in [9.17, 15) is 0 Å². The van der Waals surface area contributed by atoms with E-state index in [-0.39, 0.29) is 0 Å². The Hall–Kier alpha value is -1.03. The van der Waals surface area contributed by atoms with Gasteiger partial charge >= 0.3 is 0 Å². The Labute approximate surface area is 111 Å². The molecule has 0 amide bonds. The zero-order valence-corrected chi connectivity index (χ0v) is 12.4. The van der Waals surface area contributed by atoms with Crippen LogP contribution in [0.1, 0.15) is 52.1 Å². The van der Waals surface area contributed by atoms with Crippen LogP contribution in [0.2, 0.25) is 0 Å². The molecule has 1 heterocycles. The average molecular weight is 253 g/mol. The van der Waals surface area contributed by atoms with E-state index in [1.807, 2.05) is 10.9 Å². The predicted molar refractivity (Wildman–Crippen MR) is 75.2 cm³/mol. The van der Waals surface area contributed by atoms with Crippen LogP contribution < -0.4 is 10.1 Å². The normalized spacial score (nSPS) is 14.5. The third-order valence-corrected chi connectivity index (χ3v) is 3.28. The summed E-state index contributed by atoms with van der Waals surface area (Å²) in [6.45, 7) is 10.8. The lowest BCUT2D eigenvalue weighted by molar-refractivity contribution is 0.393. The number of rotatable bonds is 8. The average Bonchev–Trinajstić information content (AvgIpc) is 2.79.